The van der Waals surface area contributed by atoms with Gasteiger partial charge < -0.3 is 14.8 Å². The van der Waals surface area contributed by atoms with Gasteiger partial charge in [-0.05, 0) is 25.1 Å². The third-order valence-corrected chi connectivity index (χ3v) is 5.39. The van der Waals surface area contributed by atoms with Crippen LogP contribution >= 0.6 is 22.9 Å². The van der Waals surface area contributed by atoms with Crippen molar-refractivity contribution in [3.63, 3.8) is 0 Å². The quantitative estimate of drug-likeness (QED) is 0.633. The lowest BCUT2D eigenvalue weighted by molar-refractivity contribution is -0.123. The summed E-state index contributed by atoms with van der Waals surface area (Å²) in [5.74, 6) is 0.908. The van der Waals surface area contributed by atoms with E-state index >= 15 is 0 Å². The van der Waals surface area contributed by atoms with Gasteiger partial charge in [-0.1, -0.05) is 41.9 Å². The van der Waals surface area contributed by atoms with Gasteiger partial charge in [0.15, 0.2) is 18.1 Å². The monoisotopic (exact) mass is 402 g/mol. The van der Waals surface area contributed by atoms with E-state index in [-0.39, 0.29) is 12.5 Å². The summed E-state index contributed by atoms with van der Waals surface area (Å²) in [4.78, 5) is 17.7. The van der Waals surface area contributed by atoms with Crippen LogP contribution in [-0.2, 0) is 11.3 Å². The van der Waals surface area contributed by atoms with Crippen molar-refractivity contribution in [2.24, 2.45) is 0 Å². The minimum absolute atomic E-state index is 0.0877. The van der Waals surface area contributed by atoms with Crippen LogP contribution < -0.4 is 14.8 Å². The molecule has 0 spiro atoms. The zero-order chi connectivity index (χ0) is 19.2. The third-order valence-electron chi connectivity index (χ3n) is 3.87. The van der Waals surface area contributed by atoms with Crippen LogP contribution in [0.3, 0.4) is 0 Å². The topological polar surface area (TPSA) is 60.5 Å². The highest BCUT2D eigenvalue weighted by Crippen LogP contribution is 2.32. The summed E-state index contributed by atoms with van der Waals surface area (Å²) in [6, 6.07) is 14.8. The predicted octanol–water partition coefficient (Wildman–Crippen LogP) is 4.48. The van der Waals surface area contributed by atoms with Crippen molar-refractivity contribution >= 4 is 28.8 Å². The van der Waals surface area contributed by atoms with E-state index in [1.165, 1.54) is 11.3 Å². The average molecular weight is 403 g/mol. The lowest BCUT2D eigenvalue weighted by atomic mass is 10.2. The number of nitrogens with zero attached hydrogens (tertiary/aromatic N) is 1. The molecule has 0 aliphatic rings. The molecule has 2 aromatic carbocycles. The molecule has 1 heterocycles. The molecular formula is C20H19ClN2O3S. The maximum atomic E-state index is 12.1. The Morgan fingerprint density at radius 3 is 2.59 bits per heavy atom. The fraction of sp³-hybridized carbons (Fsp3) is 0.200. The number of halogens is 1. The molecule has 0 bridgehead atoms. The van der Waals surface area contributed by atoms with Gasteiger partial charge in [0.2, 0.25) is 0 Å². The van der Waals surface area contributed by atoms with Gasteiger partial charge in [0, 0.05) is 10.4 Å². The summed E-state index contributed by atoms with van der Waals surface area (Å²) in [5, 5.41) is 4.36. The Morgan fingerprint density at radius 2 is 1.85 bits per heavy atom. The van der Waals surface area contributed by atoms with Crippen molar-refractivity contribution in [2.45, 2.75) is 13.5 Å². The number of amides is 1. The highest BCUT2D eigenvalue weighted by molar-refractivity contribution is 7.15. The normalized spacial score (nSPS) is 10.5. The van der Waals surface area contributed by atoms with Gasteiger partial charge >= 0.3 is 0 Å². The van der Waals surface area contributed by atoms with E-state index in [9.17, 15) is 4.79 Å². The standard InChI is InChI=1S/C20H19ClN2O3S/c1-13-18(27-20(23-13)14-7-3-4-8-15(14)21)11-22-19(24)12-26-17-10-6-5-9-16(17)25-2/h3-10H,11-12H2,1-2H3,(H,22,24). The number of ether oxygens (including phenoxy) is 2. The van der Waals surface area contributed by atoms with Gasteiger partial charge in [0.05, 0.1) is 24.4 Å². The zero-order valence-corrected chi connectivity index (χ0v) is 16.6. The molecule has 0 aliphatic carbocycles. The van der Waals surface area contributed by atoms with Crippen molar-refractivity contribution in [2.75, 3.05) is 13.7 Å². The van der Waals surface area contributed by atoms with E-state index in [0.717, 1.165) is 21.1 Å². The smallest absolute Gasteiger partial charge is 0.258 e. The fourth-order valence-corrected chi connectivity index (χ4v) is 3.78. The number of rotatable bonds is 7. The second-order valence-corrected chi connectivity index (χ2v) is 7.21. The number of benzene rings is 2. The van der Waals surface area contributed by atoms with E-state index in [1.54, 1.807) is 19.2 Å². The van der Waals surface area contributed by atoms with Gasteiger partial charge in [-0.2, -0.15) is 0 Å². The molecule has 27 heavy (non-hydrogen) atoms. The summed E-state index contributed by atoms with van der Waals surface area (Å²) in [6.07, 6.45) is 0. The Hall–Kier alpha value is -2.57. The molecule has 0 radical (unpaired) electrons. The van der Waals surface area contributed by atoms with E-state index in [0.29, 0.717) is 23.1 Å². The summed E-state index contributed by atoms with van der Waals surface area (Å²) < 4.78 is 10.7. The molecule has 1 aromatic heterocycles. The van der Waals surface area contributed by atoms with Crippen LogP contribution in [0, 0.1) is 6.92 Å². The largest absolute Gasteiger partial charge is 0.493 e. The third kappa shape index (κ3) is 4.78. The van der Waals surface area contributed by atoms with E-state index in [1.807, 2.05) is 43.3 Å². The Kier molecular flexibility index (Phi) is 6.32. The lowest BCUT2D eigenvalue weighted by Crippen LogP contribution is -2.28. The second kappa shape index (κ2) is 8.88. The van der Waals surface area contributed by atoms with Crippen LogP contribution in [0.2, 0.25) is 5.02 Å². The number of thiazole rings is 1. The summed E-state index contributed by atoms with van der Waals surface area (Å²) >= 11 is 7.76. The number of carbonyl (C=O) groups excluding carboxylic acids is 1. The SMILES string of the molecule is COc1ccccc1OCC(=O)NCc1sc(-c2ccccc2Cl)nc1C. The number of methoxy groups -OCH3 is 1. The first-order chi connectivity index (χ1) is 13.1. The molecule has 1 N–H and O–H groups in total. The highest BCUT2D eigenvalue weighted by atomic mass is 35.5. The van der Waals surface area contributed by atoms with Crippen molar-refractivity contribution in [3.8, 4) is 22.1 Å². The molecule has 0 saturated carbocycles. The van der Waals surface area contributed by atoms with E-state index < -0.39 is 0 Å². The Balaban J connectivity index is 1.59. The first-order valence-corrected chi connectivity index (χ1v) is 9.51. The minimum atomic E-state index is -0.215. The molecule has 5 nitrogen and oxygen atoms in total. The average Bonchev–Trinajstić information content (AvgIpc) is 3.05. The van der Waals surface area contributed by atoms with Crippen LogP contribution in [0.4, 0.5) is 0 Å². The molecule has 140 valence electrons. The Labute approximate surface area is 166 Å². The lowest BCUT2D eigenvalue weighted by Gasteiger charge is -2.10. The number of nitrogens with one attached hydrogen (secondary N) is 1. The molecule has 1 amide bonds. The van der Waals surface area contributed by atoms with E-state index in [4.69, 9.17) is 21.1 Å². The molecule has 3 rings (SSSR count). The first kappa shape index (κ1) is 19.2. The van der Waals surface area contributed by atoms with Gasteiger partial charge in [-0.3, -0.25) is 4.79 Å². The van der Waals surface area contributed by atoms with Crippen LogP contribution in [0.25, 0.3) is 10.6 Å². The van der Waals surface area contributed by atoms with Crippen LogP contribution in [0.5, 0.6) is 11.5 Å². The van der Waals surface area contributed by atoms with Gasteiger partial charge in [0.25, 0.3) is 5.91 Å². The van der Waals surface area contributed by atoms with E-state index in [2.05, 4.69) is 10.3 Å². The molecule has 0 unspecified atom stereocenters. The minimum Gasteiger partial charge on any atom is -0.493 e. The number of hydrogen-bond acceptors (Lipinski definition) is 5. The van der Waals surface area contributed by atoms with Crippen LogP contribution in [0.1, 0.15) is 10.6 Å². The summed E-state index contributed by atoms with van der Waals surface area (Å²) in [5.41, 5.74) is 1.77. The number of carbonyl (C=O) groups is 1. The number of para-hydroxylation sites is 2. The van der Waals surface area contributed by atoms with Gasteiger partial charge in [0.1, 0.15) is 5.01 Å². The van der Waals surface area contributed by atoms with Crippen molar-refractivity contribution in [3.05, 3.63) is 64.1 Å². The van der Waals surface area contributed by atoms with Crippen LogP contribution in [0.15, 0.2) is 48.5 Å². The number of aromatic nitrogens is 1. The Morgan fingerprint density at radius 1 is 1.15 bits per heavy atom. The second-order valence-electron chi connectivity index (χ2n) is 5.72. The molecule has 3 aromatic rings. The first-order valence-electron chi connectivity index (χ1n) is 8.32. The van der Waals surface area contributed by atoms with Gasteiger partial charge in [-0.25, -0.2) is 4.98 Å². The predicted molar refractivity (Wildman–Crippen MR) is 108 cm³/mol. The number of hydrogen-bond donors (Lipinski definition) is 1. The zero-order valence-electron chi connectivity index (χ0n) is 15.0. The van der Waals surface area contributed by atoms with Crippen molar-refractivity contribution < 1.29 is 14.3 Å². The fourth-order valence-electron chi connectivity index (χ4n) is 2.45. The molecule has 0 saturated heterocycles. The Bertz CT molecular complexity index is 942. The maximum absolute atomic E-state index is 12.1. The van der Waals surface area contributed by atoms with Crippen molar-refractivity contribution in [1.29, 1.82) is 0 Å². The highest BCUT2D eigenvalue weighted by Gasteiger charge is 2.13. The molecule has 7 heteroatoms. The molecule has 0 fully saturated rings. The number of aryl methyl sites for hydroxylation is 1. The summed E-state index contributed by atoms with van der Waals surface area (Å²) in [6.45, 7) is 2.22. The summed E-state index contributed by atoms with van der Waals surface area (Å²) in [7, 11) is 1.56. The molecule has 0 aliphatic heterocycles. The molecular weight excluding hydrogens is 384 g/mol. The maximum Gasteiger partial charge on any atom is 0.258 e. The van der Waals surface area contributed by atoms with Crippen molar-refractivity contribution in [1.82, 2.24) is 10.3 Å². The molecule has 0 atom stereocenters. The van der Waals surface area contributed by atoms with Crippen LogP contribution in [-0.4, -0.2) is 24.6 Å². The van der Waals surface area contributed by atoms with Gasteiger partial charge in [-0.15, -0.1) is 11.3 Å².